The largest absolute Gasteiger partial charge is 0.508 e. The first-order valence-corrected chi connectivity index (χ1v) is 11.3. The molecular weight excluding hydrogens is 400 g/mol. The minimum Gasteiger partial charge on any atom is -0.508 e. The number of hydrogen-bond acceptors (Lipinski definition) is 7. The second-order valence-corrected chi connectivity index (χ2v) is 9.43. The summed E-state index contributed by atoms with van der Waals surface area (Å²) in [5.41, 5.74) is 2.75. The fourth-order valence-electron chi connectivity index (χ4n) is 5.79. The highest BCUT2D eigenvalue weighted by atomic mass is 16.5. The van der Waals surface area contributed by atoms with Gasteiger partial charge in [-0.3, -0.25) is 4.79 Å². The molecule has 0 saturated heterocycles. The number of phenols is 1. The van der Waals surface area contributed by atoms with Crippen LogP contribution >= 0.6 is 0 Å². The van der Waals surface area contributed by atoms with Gasteiger partial charge in [0.05, 0.1) is 26.4 Å². The molecule has 0 spiro atoms. The maximum atomic E-state index is 12.3. The number of rotatable bonds is 6. The molecule has 1 aromatic carbocycles. The molecular formula is C24H36O7. The zero-order valence-electron chi connectivity index (χ0n) is 18.2. The molecule has 2 saturated carbocycles. The molecule has 0 radical (unpaired) electrons. The maximum Gasteiger partial charge on any atom is 0.139 e. The highest BCUT2D eigenvalue weighted by Gasteiger charge is 2.54. The first kappa shape index (κ1) is 24.1. The van der Waals surface area contributed by atoms with Crippen molar-refractivity contribution in [2.45, 2.75) is 63.6 Å². The molecule has 0 bridgehead atoms. The van der Waals surface area contributed by atoms with E-state index in [-0.39, 0.29) is 31.8 Å². The molecule has 0 aliphatic heterocycles. The lowest BCUT2D eigenvalue weighted by Crippen LogP contribution is -2.42. The van der Waals surface area contributed by atoms with Gasteiger partial charge >= 0.3 is 0 Å². The van der Waals surface area contributed by atoms with Crippen molar-refractivity contribution in [3.8, 4) is 5.75 Å². The number of carbonyl (C=O) groups is 1. The molecule has 2 fully saturated rings. The van der Waals surface area contributed by atoms with Crippen molar-refractivity contribution in [2.75, 3.05) is 26.4 Å². The van der Waals surface area contributed by atoms with Gasteiger partial charge in [0.1, 0.15) is 23.7 Å². The van der Waals surface area contributed by atoms with Gasteiger partial charge in [-0.25, -0.2) is 0 Å². The van der Waals surface area contributed by atoms with Gasteiger partial charge in [0.2, 0.25) is 0 Å². The lowest BCUT2D eigenvalue weighted by molar-refractivity contribution is -0.129. The standard InChI is InChI=1S/C18H22O2.C6H14O5/c1-18-9-8-14-13-5-3-12(19)10-11(13)2-4-15(14)16(18)6-7-17(18)20;7-1-5(9)3-11-4-6(10)2-8/h3,5,10,14-16,19H,2,4,6-9H2,1H3;5-10H,1-4H2/t14-,15-,16+,18+;/m1./s1. The van der Waals surface area contributed by atoms with Gasteiger partial charge in [-0.15, -0.1) is 0 Å². The van der Waals surface area contributed by atoms with E-state index in [0.717, 1.165) is 32.1 Å². The van der Waals surface area contributed by atoms with Crippen LogP contribution in [-0.4, -0.2) is 70.0 Å². The van der Waals surface area contributed by atoms with E-state index < -0.39 is 12.2 Å². The van der Waals surface area contributed by atoms with Crippen LogP contribution in [0.4, 0.5) is 0 Å². The summed E-state index contributed by atoms with van der Waals surface area (Å²) in [5.74, 6) is 2.78. The first-order chi connectivity index (χ1) is 14.8. The Morgan fingerprint density at radius 2 is 1.74 bits per heavy atom. The Kier molecular flexibility index (Phi) is 8.10. The third-order valence-electron chi connectivity index (χ3n) is 7.46. The third-order valence-corrected chi connectivity index (χ3v) is 7.46. The predicted octanol–water partition coefficient (Wildman–Crippen LogP) is 1.53. The fraction of sp³-hybridized carbons (Fsp3) is 0.708. The minimum atomic E-state index is -0.916. The monoisotopic (exact) mass is 436 g/mol. The molecule has 0 heterocycles. The molecule has 174 valence electrons. The molecule has 2 unspecified atom stereocenters. The Labute approximate surface area is 183 Å². The van der Waals surface area contributed by atoms with Crippen molar-refractivity contribution < 1.29 is 35.1 Å². The van der Waals surface area contributed by atoms with Crippen LogP contribution < -0.4 is 0 Å². The Hall–Kier alpha value is -1.51. The molecule has 0 amide bonds. The average molecular weight is 437 g/mol. The second kappa shape index (κ2) is 10.4. The van der Waals surface area contributed by atoms with Crippen molar-refractivity contribution >= 4 is 5.78 Å². The van der Waals surface area contributed by atoms with Crippen LogP contribution in [0.2, 0.25) is 0 Å². The van der Waals surface area contributed by atoms with E-state index in [4.69, 9.17) is 25.2 Å². The Bertz CT molecular complexity index is 741. The number of ether oxygens (including phenoxy) is 1. The molecule has 7 heteroatoms. The Morgan fingerprint density at radius 1 is 1.06 bits per heavy atom. The van der Waals surface area contributed by atoms with E-state index >= 15 is 0 Å². The molecule has 5 N–H and O–H groups in total. The lowest BCUT2D eigenvalue weighted by atomic mass is 9.55. The maximum absolute atomic E-state index is 12.3. The SMILES string of the molecule is C[C@]12CC[C@@H]3c4ccc(O)cc4CC[C@H]3[C@@H]1CCC2=O.OCC(O)COCC(O)CO. The van der Waals surface area contributed by atoms with E-state index in [0.29, 0.717) is 29.3 Å². The van der Waals surface area contributed by atoms with Crippen LogP contribution in [0, 0.1) is 17.3 Å². The summed E-state index contributed by atoms with van der Waals surface area (Å²) < 4.78 is 4.72. The number of Topliss-reactive ketones (excluding diaryl/α,β-unsaturated/α-hetero) is 1. The van der Waals surface area contributed by atoms with E-state index in [2.05, 4.69) is 13.0 Å². The second-order valence-electron chi connectivity index (χ2n) is 9.43. The molecule has 3 aliphatic carbocycles. The van der Waals surface area contributed by atoms with Crippen molar-refractivity contribution in [1.29, 1.82) is 0 Å². The number of aryl methyl sites for hydroxylation is 1. The van der Waals surface area contributed by atoms with Crippen molar-refractivity contribution in [3.05, 3.63) is 29.3 Å². The van der Waals surface area contributed by atoms with Gasteiger partial charge in [-0.05, 0) is 73.1 Å². The summed E-state index contributed by atoms with van der Waals surface area (Å²) in [4.78, 5) is 12.3. The van der Waals surface area contributed by atoms with Crippen molar-refractivity contribution in [3.63, 3.8) is 0 Å². The van der Waals surface area contributed by atoms with Gasteiger partial charge in [0.15, 0.2) is 0 Å². The summed E-state index contributed by atoms with van der Waals surface area (Å²) in [6.07, 6.45) is 4.51. The lowest BCUT2D eigenvalue weighted by Gasteiger charge is -2.48. The predicted molar refractivity (Wildman–Crippen MR) is 115 cm³/mol. The summed E-state index contributed by atoms with van der Waals surface area (Å²) in [6, 6.07) is 5.90. The summed E-state index contributed by atoms with van der Waals surface area (Å²) in [7, 11) is 0. The van der Waals surface area contributed by atoms with Gasteiger partial charge in [-0.2, -0.15) is 0 Å². The van der Waals surface area contributed by atoms with Gasteiger partial charge in [0.25, 0.3) is 0 Å². The van der Waals surface area contributed by atoms with Crippen LogP contribution in [0.15, 0.2) is 18.2 Å². The third kappa shape index (κ3) is 5.29. The van der Waals surface area contributed by atoms with Crippen LogP contribution in [-0.2, 0) is 16.0 Å². The number of benzene rings is 1. The fourth-order valence-corrected chi connectivity index (χ4v) is 5.79. The van der Waals surface area contributed by atoms with Gasteiger partial charge in [-0.1, -0.05) is 13.0 Å². The summed E-state index contributed by atoms with van der Waals surface area (Å²) >= 11 is 0. The zero-order valence-corrected chi connectivity index (χ0v) is 18.2. The number of carbonyl (C=O) groups excluding carboxylic acids is 1. The first-order valence-electron chi connectivity index (χ1n) is 11.3. The molecule has 1 aromatic rings. The highest BCUT2D eigenvalue weighted by molar-refractivity contribution is 5.87. The Balaban J connectivity index is 0.000000214. The number of aliphatic hydroxyl groups excluding tert-OH is 4. The molecule has 31 heavy (non-hydrogen) atoms. The topological polar surface area (TPSA) is 127 Å². The van der Waals surface area contributed by atoms with Gasteiger partial charge in [0, 0.05) is 11.8 Å². The van der Waals surface area contributed by atoms with E-state index in [1.165, 1.54) is 17.5 Å². The van der Waals surface area contributed by atoms with Crippen LogP contribution in [0.25, 0.3) is 0 Å². The van der Waals surface area contributed by atoms with E-state index in [9.17, 15) is 9.90 Å². The highest BCUT2D eigenvalue weighted by Crippen LogP contribution is 2.59. The molecule has 6 atom stereocenters. The number of aromatic hydroxyl groups is 1. The summed E-state index contributed by atoms with van der Waals surface area (Å²) in [6.45, 7) is 1.42. The number of hydrogen-bond donors (Lipinski definition) is 5. The number of phenolic OH excluding ortho intramolecular Hbond substituents is 1. The van der Waals surface area contributed by atoms with Gasteiger partial charge < -0.3 is 30.3 Å². The van der Waals surface area contributed by atoms with E-state index in [1.807, 2.05) is 12.1 Å². The van der Waals surface area contributed by atoms with Crippen molar-refractivity contribution in [2.24, 2.45) is 17.3 Å². The van der Waals surface area contributed by atoms with Crippen LogP contribution in [0.3, 0.4) is 0 Å². The quantitative estimate of drug-likeness (QED) is 0.458. The Morgan fingerprint density at radius 3 is 2.39 bits per heavy atom. The number of aliphatic hydroxyl groups is 4. The number of ketones is 1. The van der Waals surface area contributed by atoms with E-state index in [1.54, 1.807) is 0 Å². The van der Waals surface area contributed by atoms with Crippen LogP contribution in [0.5, 0.6) is 5.75 Å². The summed E-state index contributed by atoms with van der Waals surface area (Å²) in [5, 5.41) is 43.7. The van der Waals surface area contributed by atoms with Crippen molar-refractivity contribution in [1.82, 2.24) is 0 Å². The average Bonchev–Trinajstić information content (AvgIpc) is 3.08. The molecule has 3 aliphatic rings. The molecule has 0 aromatic heterocycles. The van der Waals surface area contributed by atoms with Crippen LogP contribution in [0.1, 0.15) is 56.1 Å². The molecule has 7 nitrogen and oxygen atoms in total. The smallest absolute Gasteiger partial charge is 0.139 e. The zero-order chi connectivity index (χ0) is 22.6. The minimum absolute atomic E-state index is 0.0322. The normalized spacial score (nSPS) is 31.0. The number of fused-ring (bicyclic) bond motifs is 5. The molecule has 4 rings (SSSR count).